The molecule has 0 unspecified atom stereocenters. The van der Waals surface area contributed by atoms with Crippen LogP contribution in [0.1, 0.15) is 17.5 Å². The number of rotatable bonds is 2. The van der Waals surface area contributed by atoms with Crippen LogP contribution in [0.4, 0.5) is 5.69 Å². The third-order valence-electron chi connectivity index (χ3n) is 2.45. The van der Waals surface area contributed by atoms with Gasteiger partial charge in [0.15, 0.2) is 0 Å². The second-order valence-corrected chi connectivity index (χ2v) is 4.27. The number of nitrogens with one attached hydrogen (secondary N) is 1. The van der Waals surface area contributed by atoms with Crippen molar-refractivity contribution in [2.45, 2.75) is 19.3 Å². The van der Waals surface area contributed by atoms with Gasteiger partial charge in [0.2, 0.25) is 5.91 Å². The van der Waals surface area contributed by atoms with Gasteiger partial charge in [-0.3, -0.25) is 4.79 Å². The molecule has 14 heavy (non-hydrogen) atoms. The quantitative estimate of drug-likeness (QED) is 0.807. The molecule has 0 aliphatic carbocycles. The number of benzene rings is 1. The van der Waals surface area contributed by atoms with Crippen LogP contribution in [0.25, 0.3) is 0 Å². The molecule has 0 bridgehead atoms. The van der Waals surface area contributed by atoms with Crippen LogP contribution in [-0.2, 0) is 17.6 Å². The smallest absolute Gasteiger partial charge is 0.224 e. The van der Waals surface area contributed by atoms with Gasteiger partial charge in [-0.05, 0) is 30.0 Å². The molecule has 3 heteroatoms. The Morgan fingerprint density at radius 2 is 2.21 bits per heavy atom. The highest BCUT2D eigenvalue weighted by molar-refractivity contribution is 9.09. The number of hydrogen-bond acceptors (Lipinski definition) is 1. The predicted octanol–water partition coefficient (Wildman–Crippen LogP) is 2.51. The Bertz CT molecular complexity index is 362. The predicted molar refractivity (Wildman–Crippen MR) is 60.9 cm³/mol. The highest BCUT2D eigenvalue weighted by Gasteiger charge is 2.14. The Hall–Kier alpha value is -0.830. The zero-order valence-corrected chi connectivity index (χ0v) is 9.43. The van der Waals surface area contributed by atoms with Crippen LogP contribution in [0.5, 0.6) is 0 Å². The maximum absolute atomic E-state index is 11.1. The molecule has 74 valence electrons. The van der Waals surface area contributed by atoms with Crippen molar-refractivity contribution >= 4 is 27.5 Å². The van der Waals surface area contributed by atoms with Crippen LogP contribution in [0, 0.1) is 0 Å². The number of amides is 1. The van der Waals surface area contributed by atoms with E-state index in [4.69, 9.17) is 0 Å². The largest absolute Gasteiger partial charge is 0.326 e. The lowest BCUT2D eigenvalue weighted by Crippen LogP contribution is -2.18. The minimum Gasteiger partial charge on any atom is -0.326 e. The molecule has 1 heterocycles. The van der Waals surface area contributed by atoms with Crippen LogP contribution >= 0.6 is 15.9 Å². The minimum absolute atomic E-state index is 0.130. The number of hydrogen-bond donors (Lipinski definition) is 1. The first kappa shape index (κ1) is 9.71. The number of halogens is 1. The molecule has 1 N–H and O–H groups in total. The zero-order chi connectivity index (χ0) is 9.97. The van der Waals surface area contributed by atoms with E-state index >= 15 is 0 Å². The fourth-order valence-corrected chi connectivity index (χ4v) is 2.16. The molecule has 1 aromatic rings. The van der Waals surface area contributed by atoms with Gasteiger partial charge in [-0.1, -0.05) is 28.1 Å². The van der Waals surface area contributed by atoms with Gasteiger partial charge < -0.3 is 5.32 Å². The average Bonchev–Trinajstić information content (AvgIpc) is 2.19. The van der Waals surface area contributed by atoms with E-state index in [0.29, 0.717) is 6.42 Å². The molecule has 2 nitrogen and oxygen atoms in total. The van der Waals surface area contributed by atoms with E-state index in [9.17, 15) is 4.79 Å². The number of carbonyl (C=O) groups excluding carboxylic acids is 1. The van der Waals surface area contributed by atoms with E-state index in [0.717, 1.165) is 23.9 Å². The zero-order valence-electron chi connectivity index (χ0n) is 7.85. The number of fused-ring (bicyclic) bond motifs is 1. The molecule has 0 atom stereocenters. The molecule has 0 radical (unpaired) electrons. The van der Waals surface area contributed by atoms with Gasteiger partial charge in [0.05, 0.1) is 0 Å². The molecular formula is C11H12BrNO. The molecule has 1 aliphatic heterocycles. The number of aryl methyl sites for hydroxylation is 2. The van der Waals surface area contributed by atoms with Crippen molar-refractivity contribution < 1.29 is 4.79 Å². The summed E-state index contributed by atoms with van der Waals surface area (Å²) in [5, 5.41) is 3.86. The molecule has 1 aliphatic rings. The van der Waals surface area contributed by atoms with Gasteiger partial charge in [-0.25, -0.2) is 0 Å². The summed E-state index contributed by atoms with van der Waals surface area (Å²) in [6, 6.07) is 6.27. The number of alkyl halides is 1. The van der Waals surface area contributed by atoms with Crippen molar-refractivity contribution in [1.29, 1.82) is 0 Å². The average molecular weight is 254 g/mol. The Morgan fingerprint density at radius 3 is 3.00 bits per heavy atom. The minimum atomic E-state index is 0.130. The van der Waals surface area contributed by atoms with Crippen LogP contribution in [0.2, 0.25) is 0 Å². The molecule has 1 amide bonds. The van der Waals surface area contributed by atoms with E-state index < -0.39 is 0 Å². The van der Waals surface area contributed by atoms with Gasteiger partial charge in [0.25, 0.3) is 0 Å². The summed E-state index contributed by atoms with van der Waals surface area (Å²) >= 11 is 3.42. The standard InChI is InChI=1S/C11H12BrNO/c12-6-5-8-1-3-10-9(7-8)2-4-11(14)13-10/h1,3,7H,2,4-6H2,(H,13,14). The van der Waals surface area contributed by atoms with E-state index in [2.05, 4.69) is 33.4 Å². The van der Waals surface area contributed by atoms with Crippen molar-refractivity contribution in [3.05, 3.63) is 29.3 Å². The molecule has 1 aromatic carbocycles. The summed E-state index contributed by atoms with van der Waals surface area (Å²) in [5.41, 5.74) is 3.58. The van der Waals surface area contributed by atoms with Crippen molar-refractivity contribution in [1.82, 2.24) is 0 Å². The van der Waals surface area contributed by atoms with Crippen LogP contribution in [0.3, 0.4) is 0 Å². The number of anilines is 1. The Morgan fingerprint density at radius 1 is 1.36 bits per heavy atom. The van der Waals surface area contributed by atoms with Crippen LogP contribution in [0.15, 0.2) is 18.2 Å². The third kappa shape index (κ3) is 1.98. The van der Waals surface area contributed by atoms with Gasteiger partial charge >= 0.3 is 0 Å². The number of carbonyl (C=O) groups is 1. The summed E-state index contributed by atoms with van der Waals surface area (Å²) < 4.78 is 0. The summed E-state index contributed by atoms with van der Waals surface area (Å²) in [5.74, 6) is 0.130. The lowest BCUT2D eigenvalue weighted by Gasteiger charge is -2.17. The maximum atomic E-state index is 11.1. The lowest BCUT2D eigenvalue weighted by atomic mass is 10.00. The molecule has 0 aromatic heterocycles. The molecule has 0 saturated carbocycles. The second kappa shape index (κ2) is 4.13. The van der Waals surface area contributed by atoms with E-state index in [-0.39, 0.29) is 5.91 Å². The van der Waals surface area contributed by atoms with Crippen LogP contribution < -0.4 is 5.32 Å². The summed E-state index contributed by atoms with van der Waals surface area (Å²) in [4.78, 5) is 11.1. The van der Waals surface area contributed by atoms with E-state index in [1.165, 1.54) is 11.1 Å². The first-order valence-corrected chi connectivity index (χ1v) is 5.89. The lowest BCUT2D eigenvalue weighted by molar-refractivity contribution is -0.116. The first-order valence-electron chi connectivity index (χ1n) is 4.77. The highest BCUT2D eigenvalue weighted by atomic mass is 79.9. The summed E-state index contributed by atoms with van der Waals surface area (Å²) in [6.45, 7) is 0. The molecule has 0 fully saturated rings. The summed E-state index contributed by atoms with van der Waals surface area (Å²) in [7, 11) is 0. The van der Waals surface area contributed by atoms with Gasteiger partial charge in [-0.2, -0.15) is 0 Å². The van der Waals surface area contributed by atoms with Crippen molar-refractivity contribution in [3.63, 3.8) is 0 Å². The Kier molecular flexibility index (Phi) is 2.87. The third-order valence-corrected chi connectivity index (χ3v) is 2.84. The van der Waals surface area contributed by atoms with Crippen molar-refractivity contribution in [2.24, 2.45) is 0 Å². The molecule has 2 rings (SSSR count). The molecular weight excluding hydrogens is 242 g/mol. The Labute approximate surface area is 91.8 Å². The normalized spacial score (nSPS) is 14.8. The first-order chi connectivity index (χ1) is 6.79. The van der Waals surface area contributed by atoms with Crippen molar-refractivity contribution in [3.8, 4) is 0 Å². The van der Waals surface area contributed by atoms with Gasteiger partial charge in [0.1, 0.15) is 0 Å². The van der Waals surface area contributed by atoms with E-state index in [1.807, 2.05) is 6.07 Å². The molecule has 0 spiro atoms. The summed E-state index contributed by atoms with van der Waals surface area (Å²) in [6.07, 6.45) is 2.53. The van der Waals surface area contributed by atoms with Gasteiger partial charge in [0, 0.05) is 17.4 Å². The van der Waals surface area contributed by atoms with Crippen LogP contribution in [-0.4, -0.2) is 11.2 Å². The topological polar surface area (TPSA) is 29.1 Å². The second-order valence-electron chi connectivity index (χ2n) is 3.48. The fourth-order valence-electron chi connectivity index (χ4n) is 1.70. The van der Waals surface area contributed by atoms with Crippen molar-refractivity contribution in [2.75, 3.05) is 10.6 Å². The SMILES string of the molecule is O=C1CCc2cc(CCBr)ccc2N1. The van der Waals surface area contributed by atoms with E-state index in [1.54, 1.807) is 0 Å². The monoisotopic (exact) mass is 253 g/mol. The fraction of sp³-hybridized carbons (Fsp3) is 0.364. The highest BCUT2D eigenvalue weighted by Crippen LogP contribution is 2.23. The maximum Gasteiger partial charge on any atom is 0.224 e. The Balaban J connectivity index is 2.26. The van der Waals surface area contributed by atoms with Gasteiger partial charge in [-0.15, -0.1) is 0 Å². The molecule has 0 saturated heterocycles.